The molecule has 0 aliphatic carbocycles. The minimum absolute atomic E-state index is 0.368. The molecule has 2 nitrogen and oxygen atoms in total. The van der Waals surface area contributed by atoms with Crippen molar-refractivity contribution >= 4 is 21.9 Å². The largest absolute Gasteiger partial charge is 0.423 e. The first kappa shape index (κ1) is 10.9. The van der Waals surface area contributed by atoms with Gasteiger partial charge in [-0.25, -0.2) is 4.79 Å². The van der Waals surface area contributed by atoms with Gasteiger partial charge in [-0.2, -0.15) is 0 Å². The second-order valence-electron chi connectivity index (χ2n) is 3.14. The van der Waals surface area contributed by atoms with E-state index in [4.69, 9.17) is 4.74 Å². The number of halogens is 1. The minimum atomic E-state index is -0.368. The predicted octanol–water partition coefficient (Wildman–Crippen LogP) is 3.47. The maximum Gasteiger partial charge on any atom is 0.343 e. The first-order valence-electron chi connectivity index (χ1n) is 4.69. The summed E-state index contributed by atoms with van der Waals surface area (Å²) in [5.41, 5.74) is 0.516. The lowest BCUT2D eigenvalue weighted by molar-refractivity contribution is 0.0734. The average Bonchev–Trinajstić information content (AvgIpc) is 2.30. The van der Waals surface area contributed by atoms with Crippen LogP contribution in [0.25, 0.3) is 0 Å². The summed E-state index contributed by atoms with van der Waals surface area (Å²) in [7, 11) is 0. The molecule has 0 aliphatic rings. The Morgan fingerprint density at radius 2 is 1.94 bits per heavy atom. The number of rotatable bonds is 2. The summed E-state index contributed by atoms with van der Waals surface area (Å²) in [6.45, 7) is 0. The molecule has 0 heterocycles. The fraction of sp³-hybridized carbons (Fsp3) is 0. The molecule has 0 atom stereocenters. The van der Waals surface area contributed by atoms with Crippen LogP contribution in [-0.4, -0.2) is 5.97 Å². The van der Waals surface area contributed by atoms with Gasteiger partial charge in [0.15, 0.2) is 0 Å². The Morgan fingerprint density at radius 1 is 1.19 bits per heavy atom. The summed E-state index contributed by atoms with van der Waals surface area (Å²) in [4.78, 5) is 11.7. The molecule has 0 N–H and O–H groups in total. The molecule has 0 saturated carbocycles. The molecule has 0 aromatic heterocycles. The Bertz CT molecular complexity index is 494. The molecule has 2 aromatic rings. The van der Waals surface area contributed by atoms with Crippen molar-refractivity contribution in [1.82, 2.24) is 0 Å². The molecule has 2 aromatic carbocycles. The first-order chi connectivity index (χ1) is 7.75. The van der Waals surface area contributed by atoms with E-state index in [0.29, 0.717) is 11.3 Å². The second-order valence-corrected chi connectivity index (χ2v) is 4.05. The number of hydrogen-bond acceptors (Lipinski definition) is 2. The van der Waals surface area contributed by atoms with Crippen LogP contribution in [0.15, 0.2) is 53.0 Å². The van der Waals surface area contributed by atoms with E-state index in [1.54, 1.807) is 42.5 Å². The summed E-state index contributed by atoms with van der Waals surface area (Å²) in [6, 6.07) is 16.7. The number of ether oxygens (including phenoxy) is 1. The third-order valence-corrected chi connectivity index (χ3v) is 2.45. The number of carbonyl (C=O) groups is 1. The van der Waals surface area contributed by atoms with Crippen molar-refractivity contribution in [3.63, 3.8) is 0 Å². The zero-order chi connectivity index (χ0) is 11.4. The molecule has 79 valence electrons. The van der Waals surface area contributed by atoms with Crippen molar-refractivity contribution < 1.29 is 9.53 Å². The highest BCUT2D eigenvalue weighted by Gasteiger charge is 2.07. The van der Waals surface area contributed by atoms with Gasteiger partial charge in [0.05, 0.1) is 5.56 Å². The van der Waals surface area contributed by atoms with E-state index in [9.17, 15) is 4.79 Å². The Labute approximate surface area is 102 Å². The zero-order valence-corrected chi connectivity index (χ0v) is 9.90. The maximum absolute atomic E-state index is 11.7. The lowest BCUT2D eigenvalue weighted by Gasteiger charge is -2.03. The van der Waals surface area contributed by atoms with Crippen LogP contribution in [0.1, 0.15) is 10.4 Å². The van der Waals surface area contributed by atoms with E-state index in [1.165, 1.54) is 0 Å². The summed E-state index contributed by atoms with van der Waals surface area (Å²) in [5, 5.41) is 0. The molecule has 0 bridgehead atoms. The topological polar surface area (TPSA) is 26.3 Å². The van der Waals surface area contributed by atoms with Gasteiger partial charge in [0.1, 0.15) is 5.75 Å². The van der Waals surface area contributed by atoms with Gasteiger partial charge in [-0.3, -0.25) is 0 Å². The number of carbonyl (C=O) groups excluding carboxylic acids is 1. The molecular formula is C13H8BrO2. The molecule has 0 spiro atoms. The normalized spacial score (nSPS) is 9.81. The number of esters is 1. The van der Waals surface area contributed by atoms with Gasteiger partial charge in [0, 0.05) is 4.47 Å². The van der Waals surface area contributed by atoms with Crippen molar-refractivity contribution in [1.29, 1.82) is 0 Å². The smallest absolute Gasteiger partial charge is 0.343 e. The van der Waals surface area contributed by atoms with Gasteiger partial charge in [0.2, 0.25) is 0 Å². The Hall–Kier alpha value is -1.61. The third-order valence-electron chi connectivity index (χ3n) is 1.96. The highest BCUT2D eigenvalue weighted by Crippen LogP contribution is 2.15. The minimum Gasteiger partial charge on any atom is -0.423 e. The molecule has 0 aliphatic heterocycles. The van der Waals surface area contributed by atoms with Crippen LogP contribution in [0.4, 0.5) is 0 Å². The quantitative estimate of drug-likeness (QED) is 0.620. The van der Waals surface area contributed by atoms with E-state index >= 15 is 0 Å². The molecule has 16 heavy (non-hydrogen) atoms. The Kier molecular flexibility index (Phi) is 3.37. The van der Waals surface area contributed by atoms with E-state index in [1.807, 2.05) is 6.07 Å². The number of hydrogen-bond donors (Lipinski definition) is 0. The van der Waals surface area contributed by atoms with Crippen LogP contribution < -0.4 is 4.74 Å². The Morgan fingerprint density at radius 3 is 2.62 bits per heavy atom. The molecule has 0 unspecified atom stereocenters. The molecule has 3 heteroatoms. The molecule has 0 fully saturated rings. The predicted molar refractivity (Wildman–Crippen MR) is 64.4 cm³/mol. The summed E-state index contributed by atoms with van der Waals surface area (Å²) >= 11 is 3.30. The van der Waals surface area contributed by atoms with Crippen LogP contribution in [0.2, 0.25) is 0 Å². The van der Waals surface area contributed by atoms with Crippen LogP contribution in [0.3, 0.4) is 0 Å². The molecule has 2 rings (SSSR count). The monoisotopic (exact) mass is 275 g/mol. The first-order valence-corrected chi connectivity index (χ1v) is 5.49. The van der Waals surface area contributed by atoms with Crippen molar-refractivity contribution in [2.24, 2.45) is 0 Å². The molecular weight excluding hydrogens is 268 g/mol. The third kappa shape index (κ3) is 2.70. The van der Waals surface area contributed by atoms with E-state index < -0.39 is 0 Å². The van der Waals surface area contributed by atoms with Crippen LogP contribution >= 0.6 is 15.9 Å². The van der Waals surface area contributed by atoms with Crippen molar-refractivity contribution in [2.45, 2.75) is 0 Å². The lowest BCUT2D eigenvalue weighted by Crippen LogP contribution is -2.08. The highest BCUT2D eigenvalue weighted by molar-refractivity contribution is 9.10. The van der Waals surface area contributed by atoms with Gasteiger partial charge in [0.25, 0.3) is 0 Å². The van der Waals surface area contributed by atoms with Crippen molar-refractivity contribution in [3.8, 4) is 5.75 Å². The molecule has 1 radical (unpaired) electrons. The standard InChI is InChI=1S/C13H8BrO2/c14-11-6-4-5-10(9-11)13(15)16-12-7-2-1-3-8-12/h2-9H. The van der Waals surface area contributed by atoms with Crippen molar-refractivity contribution in [2.75, 3.05) is 0 Å². The molecule has 0 saturated heterocycles. The Balaban J connectivity index is 2.15. The maximum atomic E-state index is 11.7. The number of benzene rings is 2. The average molecular weight is 276 g/mol. The van der Waals surface area contributed by atoms with Crippen molar-refractivity contribution in [3.05, 3.63) is 64.6 Å². The van der Waals surface area contributed by atoms with Gasteiger partial charge in [-0.1, -0.05) is 34.1 Å². The van der Waals surface area contributed by atoms with Gasteiger partial charge in [-0.15, -0.1) is 0 Å². The van der Waals surface area contributed by atoms with E-state index in [-0.39, 0.29) is 5.97 Å². The molecule has 0 amide bonds. The highest BCUT2D eigenvalue weighted by atomic mass is 79.9. The summed E-state index contributed by atoms with van der Waals surface area (Å²) in [5.74, 6) is 0.149. The van der Waals surface area contributed by atoms with Gasteiger partial charge in [-0.05, 0) is 36.4 Å². The summed E-state index contributed by atoms with van der Waals surface area (Å²) < 4.78 is 6.03. The van der Waals surface area contributed by atoms with Gasteiger partial charge >= 0.3 is 5.97 Å². The zero-order valence-electron chi connectivity index (χ0n) is 8.31. The van der Waals surface area contributed by atoms with Crippen LogP contribution in [0.5, 0.6) is 5.75 Å². The fourth-order valence-electron chi connectivity index (χ4n) is 1.22. The fourth-order valence-corrected chi connectivity index (χ4v) is 1.62. The van der Waals surface area contributed by atoms with Crippen LogP contribution in [-0.2, 0) is 0 Å². The van der Waals surface area contributed by atoms with Crippen LogP contribution in [0, 0.1) is 6.07 Å². The lowest BCUT2D eigenvalue weighted by atomic mass is 10.2. The van der Waals surface area contributed by atoms with E-state index in [2.05, 4.69) is 22.0 Å². The summed E-state index contributed by atoms with van der Waals surface area (Å²) in [6.07, 6.45) is 0. The second kappa shape index (κ2) is 4.94. The van der Waals surface area contributed by atoms with E-state index in [0.717, 1.165) is 4.47 Å². The SMILES string of the molecule is O=C(Oc1cc[c]cc1)c1cccc(Br)c1. The van der Waals surface area contributed by atoms with Gasteiger partial charge < -0.3 is 4.74 Å².